The third-order valence-corrected chi connectivity index (χ3v) is 4.85. The summed E-state index contributed by atoms with van der Waals surface area (Å²) in [5.41, 5.74) is 0. The minimum atomic E-state index is -0.235. The Morgan fingerprint density at radius 1 is 1.36 bits per heavy atom. The zero-order chi connectivity index (χ0) is 15.9. The van der Waals surface area contributed by atoms with E-state index in [-0.39, 0.29) is 23.7 Å². The number of amides is 1. The lowest BCUT2D eigenvalue weighted by Gasteiger charge is -2.16. The molecule has 0 N–H and O–H groups in total. The number of thioether (sulfide) groups is 1. The number of methoxy groups -OCH3 is 1. The van der Waals surface area contributed by atoms with Gasteiger partial charge < -0.3 is 14.4 Å². The van der Waals surface area contributed by atoms with Crippen LogP contribution in [0.15, 0.2) is 24.3 Å². The van der Waals surface area contributed by atoms with Gasteiger partial charge in [0.1, 0.15) is 5.75 Å². The number of benzene rings is 1. The van der Waals surface area contributed by atoms with Gasteiger partial charge >= 0.3 is 5.97 Å². The number of hydrogen-bond acceptors (Lipinski definition) is 5. The standard InChI is InChI=1S/C15H18ClNO4S/c1-20-15(19)10-22-13-6-7-17(8-13)14(18)9-21-12-4-2-11(16)3-5-12/h2-5,13H,6-10H2,1H3. The summed E-state index contributed by atoms with van der Waals surface area (Å²) in [4.78, 5) is 25.0. The highest BCUT2D eigenvalue weighted by molar-refractivity contribution is 8.00. The summed E-state index contributed by atoms with van der Waals surface area (Å²) in [6, 6.07) is 6.90. The van der Waals surface area contributed by atoms with E-state index in [0.717, 1.165) is 6.42 Å². The van der Waals surface area contributed by atoms with Gasteiger partial charge in [-0.2, -0.15) is 0 Å². The maximum Gasteiger partial charge on any atom is 0.315 e. The van der Waals surface area contributed by atoms with Gasteiger partial charge in [0.2, 0.25) is 0 Å². The molecule has 0 bridgehead atoms. The summed E-state index contributed by atoms with van der Waals surface area (Å²) < 4.78 is 10.1. The van der Waals surface area contributed by atoms with E-state index in [1.807, 2.05) is 0 Å². The molecule has 1 aliphatic heterocycles. The fourth-order valence-corrected chi connectivity index (χ4v) is 3.28. The summed E-state index contributed by atoms with van der Waals surface area (Å²) in [6.45, 7) is 1.35. The molecule has 22 heavy (non-hydrogen) atoms. The monoisotopic (exact) mass is 343 g/mol. The molecule has 1 amide bonds. The Labute approximate surface area is 138 Å². The molecule has 1 heterocycles. The molecule has 1 saturated heterocycles. The number of rotatable bonds is 6. The van der Waals surface area contributed by atoms with Crippen molar-refractivity contribution in [1.82, 2.24) is 4.90 Å². The largest absolute Gasteiger partial charge is 0.484 e. The van der Waals surface area contributed by atoms with Crippen molar-refractivity contribution in [2.75, 3.05) is 32.6 Å². The molecule has 1 aliphatic rings. The number of likely N-dealkylation sites (tertiary alicyclic amines) is 1. The number of carbonyl (C=O) groups excluding carboxylic acids is 2. The van der Waals surface area contributed by atoms with Crippen molar-refractivity contribution in [2.24, 2.45) is 0 Å². The van der Waals surface area contributed by atoms with Gasteiger partial charge in [0.05, 0.1) is 12.9 Å². The molecular formula is C15H18ClNO4S. The molecule has 1 fully saturated rings. The molecule has 1 atom stereocenters. The summed E-state index contributed by atoms with van der Waals surface area (Å²) >= 11 is 7.32. The third kappa shape index (κ3) is 5.10. The number of nitrogens with zero attached hydrogens (tertiary/aromatic N) is 1. The zero-order valence-corrected chi connectivity index (χ0v) is 13.9. The number of halogens is 1. The molecule has 1 aromatic rings. The highest BCUT2D eigenvalue weighted by Gasteiger charge is 2.27. The lowest BCUT2D eigenvalue weighted by atomic mass is 10.3. The van der Waals surface area contributed by atoms with E-state index in [2.05, 4.69) is 4.74 Å². The molecule has 0 aromatic heterocycles. The minimum Gasteiger partial charge on any atom is -0.484 e. The summed E-state index contributed by atoms with van der Waals surface area (Å²) in [5, 5.41) is 0.905. The summed E-state index contributed by atoms with van der Waals surface area (Å²) in [7, 11) is 1.38. The molecular weight excluding hydrogens is 326 g/mol. The number of carbonyl (C=O) groups is 2. The predicted octanol–water partition coefficient (Wildman–Crippen LogP) is 2.23. The van der Waals surface area contributed by atoms with Crippen LogP contribution in [0, 0.1) is 0 Å². The van der Waals surface area contributed by atoms with Crippen molar-refractivity contribution in [3.63, 3.8) is 0 Å². The first-order chi connectivity index (χ1) is 10.6. The molecule has 120 valence electrons. The van der Waals surface area contributed by atoms with Gasteiger partial charge in [-0.25, -0.2) is 0 Å². The van der Waals surface area contributed by atoms with E-state index < -0.39 is 0 Å². The first-order valence-electron chi connectivity index (χ1n) is 6.93. The average Bonchev–Trinajstić information content (AvgIpc) is 3.00. The van der Waals surface area contributed by atoms with Gasteiger partial charge in [0.15, 0.2) is 6.61 Å². The van der Waals surface area contributed by atoms with Crippen molar-refractivity contribution in [3.8, 4) is 5.75 Å². The summed E-state index contributed by atoms with van der Waals surface area (Å²) in [5.74, 6) is 0.662. The Kier molecular flexibility index (Phi) is 6.39. The predicted molar refractivity (Wildman–Crippen MR) is 86.4 cm³/mol. The van der Waals surface area contributed by atoms with Gasteiger partial charge in [-0.15, -0.1) is 11.8 Å². The van der Waals surface area contributed by atoms with Gasteiger partial charge in [0.25, 0.3) is 5.91 Å². The number of ether oxygens (including phenoxy) is 2. The second-order valence-electron chi connectivity index (χ2n) is 4.88. The van der Waals surface area contributed by atoms with Crippen molar-refractivity contribution >= 4 is 35.2 Å². The lowest BCUT2D eigenvalue weighted by molar-refractivity contribution is -0.137. The smallest absolute Gasteiger partial charge is 0.315 e. The Morgan fingerprint density at radius 3 is 2.77 bits per heavy atom. The van der Waals surface area contributed by atoms with Crippen LogP contribution < -0.4 is 4.74 Å². The van der Waals surface area contributed by atoms with Crippen LogP contribution in [0.4, 0.5) is 0 Å². The molecule has 0 spiro atoms. The van der Waals surface area contributed by atoms with Crippen molar-refractivity contribution in [2.45, 2.75) is 11.7 Å². The van der Waals surface area contributed by atoms with Gasteiger partial charge in [-0.3, -0.25) is 9.59 Å². The highest BCUT2D eigenvalue weighted by atomic mass is 35.5. The van der Waals surface area contributed by atoms with E-state index >= 15 is 0 Å². The van der Waals surface area contributed by atoms with E-state index in [1.165, 1.54) is 18.9 Å². The van der Waals surface area contributed by atoms with Gasteiger partial charge in [-0.05, 0) is 30.7 Å². The topological polar surface area (TPSA) is 55.8 Å². The Hall–Kier alpha value is -1.40. The molecule has 0 radical (unpaired) electrons. The first kappa shape index (κ1) is 17.0. The second-order valence-corrected chi connectivity index (χ2v) is 6.61. The maximum atomic E-state index is 12.1. The van der Waals surface area contributed by atoms with E-state index in [1.54, 1.807) is 29.2 Å². The average molecular weight is 344 g/mol. The third-order valence-electron chi connectivity index (χ3n) is 3.34. The normalized spacial score (nSPS) is 17.4. The van der Waals surface area contributed by atoms with Crippen LogP contribution in [0.2, 0.25) is 5.02 Å². The maximum absolute atomic E-state index is 12.1. The van der Waals surface area contributed by atoms with Crippen LogP contribution in [-0.4, -0.2) is 54.6 Å². The van der Waals surface area contributed by atoms with E-state index in [4.69, 9.17) is 16.3 Å². The molecule has 1 aromatic carbocycles. The highest BCUT2D eigenvalue weighted by Crippen LogP contribution is 2.23. The van der Waals surface area contributed by atoms with Crippen LogP contribution >= 0.6 is 23.4 Å². The Morgan fingerprint density at radius 2 is 2.09 bits per heavy atom. The van der Waals surface area contributed by atoms with Crippen LogP contribution in [0.3, 0.4) is 0 Å². The second kappa shape index (κ2) is 8.29. The fourth-order valence-electron chi connectivity index (χ4n) is 2.10. The van der Waals surface area contributed by atoms with Crippen LogP contribution in [-0.2, 0) is 14.3 Å². The quantitative estimate of drug-likeness (QED) is 0.741. The van der Waals surface area contributed by atoms with Crippen LogP contribution in [0.5, 0.6) is 5.75 Å². The van der Waals surface area contributed by atoms with Crippen LogP contribution in [0.25, 0.3) is 0 Å². The fraction of sp³-hybridized carbons (Fsp3) is 0.467. The van der Waals surface area contributed by atoms with Crippen molar-refractivity contribution in [3.05, 3.63) is 29.3 Å². The van der Waals surface area contributed by atoms with Crippen molar-refractivity contribution < 1.29 is 19.1 Å². The van der Waals surface area contributed by atoms with Crippen LogP contribution in [0.1, 0.15) is 6.42 Å². The Bertz CT molecular complexity index is 523. The first-order valence-corrected chi connectivity index (χ1v) is 8.35. The number of hydrogen-bond donors (Lipinski definition) is 0. The van der Waals surface area contributed by atoms with E-state index in [9.17, 15) is 9.59 Å². The molecule has 7 heteroatoms. The molecule has 2 rings (SSSR count). The molecule has 5 nitrogen and oxygen atoms in total. The molecule has 0 aliphatic carbocycles. The number of esters is 1. The molecule has 0 saturated carbocycles. The lowest BCUT2D eigenvalue weighted by Crippen LogP contribution is -2.33. The van der Waals surface area contributed by atoms with E-state index in [0.29, 0.717) is 29.6 Å². The Balaban J connectivity index is 1.72. The molecule has 1 unspecified atom stereocenters. The summed E-state index contributed by atoms with van der Waals surface area (Å²) in [6.07, 6.45) is 0.883. The zero-order valence-electron chi connectivity index (χ0n) is 12.3. The van der Waals surface area contributed by atoms with Gasteiger partial charge in [0, 0.05) is 23.4 Å². The minimum absolute atomic E-state index is 0.00994. The van der Waals surface area contributed by atoms with Crippen molar-refractivity contribution in [1.29, 1.82) is 0 Å². The van der Waals surface area contributed by atoms with Gasteiger partial charge in [-0.1, -0.05) is 11.6 Å². The SMILES string of the molecule is COC(=O)CSC1CCN(C(=O)COc2ccc(Cl)cc2)C1.